The molecule has 3 aromatic carbocycles. The molecular formula is C16H7BrF6. The fourth-order valence-electron chi connectivity index (χ4n) is 2.67. The van der Waals surface area contributed by atoms with Crippen LogP contribution in [0.15, 0.2) is 46.9 Å². The van der Waals surface area contributed by atoms with Crippen molar-refractivity contribution in [3.05, 3.63) is 58.1 Å². The average Bonchev–Trinajstić information content (AvgIpc) is 2.43. The van der Waals surface area contributed by atoms with E-state index < -0.39 is 34.3 Å². The molecule has 0 aliphatic rings. The Morgan fingerprint density at radius 1 is 0.652 bits per heavy atom. The Balaban J connectivity index is 2.62. The van der Waals surface area contributed by atoms with Crippen LogP contribution in [0.4, 0.5) is 26.3 Å². The number of hydrogen-bond acceptors (Lipinski definition) is 0. The van der Waals surface area contributed by atoms with Crippen molar-refractivity contribution < 1.29 is 26.3 Å². The number of benzene rings is 3. The predicted octanol–water partition coefficient (Wildman–Crippen LogP) is 6.79. The van der Waals surface area contributed by atoms with Gasteiger partial charge in [-0.3, -0.25) is 0 Å². The third kappa shape index (κ3) is 2.78. The molecular weight excluding hydrogens is 386 g/mol. The largest absolute Gasteiger partial charge is 0.417 e. The lowest BCUT2D eigenvalue weighted by Crippen LogP contribution is -2.09. The van der Waals surface area contributed by atoms with Gasteiger partial charge in [0.25, 0.3) is 0 Å². The molecule has 0 aromatic heterocycles. The number of rotatable bonds is 0. The first kappa shape index (κ1) is 16.1. The van der Waals surface area contributed by atoms with Crippen molar-refractivity contribution in [1.29, 1.82) is 0 Å². The number of hydrogen-bond donors (Lipinski definition) is 0. The maximum absolute atomic E-state index is 13.4. The standard InChI is InChI=1S/C16H7BrF6/c17-10-6-9-5-4-8-2-1-3-11(15(18,19)20)13(8)14(9)12(7-10)16(21,22)23/h1-7H. The van der Waals surface area contributed by atoms with Crippen LogP contribution in [0.5, 0.6) is 0 Å². The van der Waals surface area contributed by atoms with E-state index >= 15 is 0 Å². The van der Waals surface area contributed by atoms with Crippen molar-refractivity contribution in [3.63, 3.8) is 0 Å². The summed E-state index contributed by atoms with van der Waals surface area (Å²) < 4.78 is 80.0. The Labute approximate surface area is 134 Å². The minimum Gasteiger partial charge on any atom is -0.166 e. The van der Waals surface area contributed by atoms with Crippen LogP contribution in [-0.2, 0) is 12.4 Å². The Morgan fingerprint density at radius 3 is 1.83 bits per heavy atom. The molecule has 0 amide bonds. The second-order valence-corrected chi connectivity index (χ2v) is 5.93. The molecule has 0 radical (unpaired) electrons. The van der Waals surface area contributed by atoms with E-state index in [4.69, 9.17) is 0 Å². The molecule has 3 rings (SSSR count). The van der Waals surface area contributed by atoms with Crippen LogP contribution in [-0.4, -0.2) is 0 Å². The fraction of sp³-hybridized carbons (Fsp3) is 0.125. The minimum atomic E-state index is -4.77. The van der Waals surface area contributed by atoms with Gasteiger partial charge in [-0.25, -0.2) is 0 Å². The van der Waals surface area contributed by atoms with E-state index in [0.717, 1.165) is 12.1 Å². The highest BCUT2D eigenvalue weighted by molar-refractivity contribution is 9.10. The van der Waals surface area contributed by atoms with Gasteiger partial charge in [0.2, 0.25) is 0 Å². The Morgan fingerprint density at radius 2 is 1.22 bits per heavy atom. The summed E-state index contributed by atoms with van der Waals surface area (Å²) in [5, 5.41) is -0.667. The summed E-state index contributed by atoms with van der Waals surface area (Å²) in [6.07, 6.45) is -9.52. The van der Waals surface area contributed by atoms with Gasteiger partial charge in [-0.1, -0.05) is 40.2 Å². The maximum atomic E-state index is 13.4. The molecule has 120 valence electrons. The van der Waals surface area contributed by atoms with Crippen LogP contribution in [0, 0.1) is 0 Å². The van der Waals surface area contributed by atoms with Crippen LogP contribution in [0.25, 0.3) is 21.5 Å². The number of alkyl halides is 6. The Kier molecular flexibility index (Phi) is 3.59. The normalized spacial score (nSPS) is 13.0. The van der Waals surface area contributed by atoms with E-state index in [1.165, 1.54) is 30.3 Å². The monoisotopic (exact) mass is 392 g/mol. The van der Waals surface area contributed by atoms with Gasteiger partial charge in [0.1, 0.15) is 0 Å². The molecule has 0 N–H and O–H groups in total. The Hall–Kier alpha value is -1.76. The van der Waals surface area contributed by atoms with Crippen molar-refractivity contribution >= 4 is 37.5 Å². The molecule has 0 heterocycles. The number of halogens is 7. The van der Waals surface area contributed by atoms with Crippen molar-refractivity contribution in [1.82, 2.24) is 0 Å². The van der Waals surface area contributed by atoms with E-state index in [1.54, 1.807) is 0 Å². The van der Waals surface area contributed by atoms with Gasteiger partial charge in [-0.15, -0.1) is 0 Å². The summed E-state index contributed by atoms with van der Waals surface area (Å²) in [5.41, 5.74) is -2.17. The van der Waals surface area contributed by atoms with E-state index in [9.17, 15) is 26.3 Å². The summed E-state index contributed by atoms with van der Waals surface area (Å²) in [4.78, 5) is 0. The molecule has 0 aliphatic heterocycles. The molecule has 0 spiro atoms. The van der Waals surface area contributed by atoms with Gasteiger partial charge in [-0.05, 0) is 29.0 Å². The lowest BCUT2D eigenvalue weighted by molar-refractivity contribution is -0.138. The van der Waals surface area contributed by atoms with Gasteiger partial charge < -0.3 is 0 Å². The van der Waals surface area contributed by atoms with Gasteiger partial charge in [0.15, 0.2) is 0 Å². The van der Waals surface area contributed by atoms with Gasteiger partial charge in [0, 0.05) is 15.2 Å². The van der Waals surface area contributed by atoms with Crippen LogP contribution in [0.2, 0.25) is 0 Å². The van der Waals surface area contributed by atoms with Crippen molar-refractivity contribution in [3.8, 4) is 0 Å². The van der Waals surface area contributed by atoms with Crippen LogP contribution in [0.3, 0.4) is 0 Å². The van der Waals surface area contributed by atoms with E-state index in [0.29, 0.717) is 0 Å². The Bertz CT molecular complexity index is 908. The molecule has 0 aliphatic carbocycles. The summed E-state index contributed by atoms with van der Waals surface area (Å²) in [6.45, 7) is 0. The first-order valence-electron chi connectivity index (χ1n) is 6.38. The zero-order valence-corrected chi connectivity index (χ0v) is 12.8. The smallest absolute Gasteiger partial charge is 0.166 e. The number of fused-ring (bicyclic) bond motifs is 3. The highest BCUT2D eigenvalue weighted by Crippen LogP contribution is 2.44. The zero-order chi connectivity index (χ0) is 17.0. The maximum Gasteiger partial charge on any atom is 0.417 e. The summed E-state index contributed by atoms with van der Waals surface area (Å²) in [6, 6.07) is 8.29. The quantitative estimate of drug-likeness (QED) is 0.291. The second kappa shape index (κ2) is 5.12. The fourth-order valence-corrected chi connectivity index (χ4v) is 3.14. The third-order valence-corrected chi connectivity index (χ3v) is 3.99. The van der Waals surface area contributed by atoms with E-state index in [1.807, 2.05) is 0 Å². The molecule has 0 unspecified atom stereocenters. The highest BCUT2D eigenvalue weighted by atomic mass is 79.9. The van der Waals surface area contributed by atoms with Crippen molar-refractivity contribution in [2.45, 2.75) is 12.4 Å². The first-order chi connectivity index (χ1) is 10.6. The lowest BCUT2D eigenvalue weighted by Gasteiger charge is -2.17. The molecule has 0 saturated heterocycles. The highest BCUT2D eigenvalue weighted by Gasteiger charge is 2.37. The lowest BCUT2D eigenvalue weighted by atomic mass is 9.94. The summed E-state index contributed by atoms with van der Waals surface area (Å²) in [7, 11) is 0. The summed E-state index contributed by atoms with van der Waals surface area (Å²) in [5.74, 6) is 0. The molecule has 0 atom stereocenters. The van der Waals surface area contributed by atoms with Gasteiger partial charge in [-0.2, -0.15) is 26.3 Å². The molecule has 7 heteroatoms. The molecule has 0 bridgehead atoms. The molecule has 0 fully saturated rings. The van der Waals surface area contributed by atoms with E-state index in [-0.39, 0.29) is 15.2 Å². The topological polar surface area (TPSA) is 0 Å². The van der Waals surface area contributed by atoms with Crippen LogP contribution >= 0.6 is 15.9 Å². The molecule has 0 nitrogen and oxygen atoms in total. The van der Waals surface area contributed by atoms with Crippen LogP contribution < -0.4 is 0 Å². The van der Waals surface area contributed by atoms with Gasteiger partial charge >= 0.3 is 12.4 Å². The third-order valence-electron chi connectivity index (χ3n) is 3.53. The molecule has 3 aromatic rings. The zero-order valence-electron chi connectivity index (χ0n) is 11.2. The second-order valence-electron chi connectivity index (χ2n) is 5.02. The van der Waals surface area contributed by atoms with Crippen molar-refractivity contribution in [2.75, 3.05) is 0 Å². The first-order valence-corrected chi connectivity index (χ1v) is 7.18. The minimum absolute atomic E-state index is 0.0934. The van der Waals surface area contributed by atoms with Crippen LogP contribution in [0.1, 0.15) is 11.1 Å². The SMILES string of the molecule is FC(F)(F)c1cccc2ccc3cc(Br)cc(C(F)(F)F)c3c12. The average molecular weight is 393 g/mol. The van der Waals surface area contributed by atoms with E-state index in [2.05, 4.69) is 15.9 Å². The summed E-state index contributed by atoms with van der Waals surface area (Å²) >= 11 is 2.98. The molecule has 23 heavy (non-hydrogen) atoms. The van der Waals surface area contributed by atoms with Gasteiger partial charge in [0.05, 0.1) is 11.1 Å². The predicted molar refractivity (Wildman–Crippen MR) is 79.2 cm³/mol. The molecule has 0 saturated carbocycles. The van der Waals surface area contributed by atoms with Crippen molar-refractivity contribution in [2.24, 2.45) is 0 Å².